The van der Waals surface area contributed by atoms with E-state index in [0.29, 0.717) is 24.5 Å². The third-order valence-electron chi connectivity index (χ3n) is 2.07. The van der Waals surface area contributed by atoms with Crippen LogP contribution in [-0.2, 0) is 0 Å². The molecule has 3 amide bonds. The van der Waals surface area contributed by atoms with E-state index in [1.807, 2.05) is 0 Å². The zero-order chi connectivity index (χ0) is 12.8. The highest BCUT2D eigenvalue weighted by Gasteiger charge is 2.06. The second kappa shape index (κ2) is 5.59. The quantitative estimate of drug-likeness (QED) is 0.346. The number of carbonyl (C=O) groups is 2. The number of nitrogen functional groups attached to an aromatic ring is 1. The summed E-state index contributed by atoms with van der Waals surface area (Å²) in [6.07, 6.45) is 0. The van der Waals surface area contributed by atoms with Crippen LogP contribution in [0.5, 0.6) is 0 Å². The van der Waals surface area contributed by atoms with Gasteiger partial charge in [-0.3, -0.25) is 4.79 Å². The summed E-state index contributed by atoms with van der Waals surface area (Å²) in [5, 5.41) is 5.41. The summed E-state index contributed by atoms with van der Waals surface area (Å²) < 4.78 is 0. The van der Waals surface area contributed by atoms with E-state index in [1.165, 1.54) is 0 Å². The fourth-order valence-electron chi connectivity index (χ4n) is 1.27. The van der Waals surface area contributed by atoms with E-state index < -0.39 is 11.9 Å². The SMILES string of the molecule is NC(=O)NCCNc1ccc(N)c(C(N)=O)c1. The summed E-state index contributed by atoms with van der Waals surface area (Å²) in [6, 6.07) is 4.28. The lowest BCUT2D eigenvalue weighted by molar-refractivity contribution is 0.100. The van der Waals surface area contributed by atoms with Crippen LogP contribution in [0.2, 0.25) is 0 Å². The van der Waals surface area contributed by atoms with Crippen molar-refractivity contribution in [2.24, 2.45) is 11.5 Å². The Balaban J connectivity index is 2.57. The third kappa shape index (κ3) is 3.90. The summed E-state index contributed by atoms with van der Waals surface area (Å²) in [5.41, 5.74) is 16.9. The van der Waals surface area contributed by atoms with Crippen LogP contribution in [0.1, 0.15) is 10.4 Å². The fraction of sp³-hybridized carbons (Fsp3) is 0.200. The Kier molecular flexibility index (Phi) is 4.15. The first kappa shape index (κ1) is 12.6. The predicted octanol–water partition coefficient (Wildman–Crippen LogP) is -0.552. The molecule has 0 saturated carbocycles. The number of nitrogens with one attached hydrogen (secondary N) is 2. The van der Waals surface area contributed by atoms with Crippen molar-refractivity contribution in [2.75, 3.05) is 24.1 Å². The highest BCUT2D eigenvalue weighted by atomic mass is 16.2. The van der Waals surface area contributed by atoms with Crippen molar-refractivity contribution in [3.05, 3.63) is 23.8 Å². The maximum atomic E-state index is 11.0. The zero-order valence-electron chi connectivity index (χ0n) is 9.19. The number of primary amides is 2. The van der Waals surface area contributed by atoms with Gasteiger partial charge in [0.25, 0.3) is 5.91 Å². The fourth-order valence-corrected chi connectivity index (χ4v) is 1.27. The normalized spacial score (nSPS) is 9.65. The molecule has 0 unspecified atom stereocenters. The Bertz CT molecular complexity index is 433. The van der Waals surface area contributed by atoms with E-state index in [-0.39, 0.29) is 5.56 Å². The summed E-state index contributed by atoms with van der Waals surface area (Å²) >= 11 is 0. The number of benzene rings is 1. The Hall–Kier alpha value is -2.44. The van der Waals surface area contributed by atoms with Crippen molar-refractivity contribution in [3.63, 3.8) is 0 Å². The number of hydrogen-bond acceptors (Lipinski definition) is 4. The molecule has 0 aromatic heterocycles. The van der Waals surface area contributed by atoms with Gasteiger partial charge in [-0.2, -0.15) is 0 Å². The van der Waals surface area contributed by atoms with Crippen LogP contribution in [0.15, 0.2) is 18.2 Å². The second-order valence-electron chi connectivity index (χ2n) is 3.38. The van der Waals surface area contributed by atoms with Gasteiger partial charge in [-0.1, -0.05) is 0 Å². The first-order chi connectivity index (χ1) is 8.00. The van der Waals surface area contributed by atoms with Gasteiger partial charge in [-0.25, -0.2) is 4.79 Å². The lowest BCUT2D eigenvalue weighted by Crippen LogP contribution is -2.33. The molecular formula is C10H15N5O2. The summed E-state index contributed by atoms with van der Waals surface area (Å²) in [4.78, 5) is 21.4. The molecule has 0 fully saturated rings. The minimum absolute atomic E-state index is 0.262. The number of urea groups is 1. The maximum Gasteiger partial charge on any atom is 0.312 e. The van der Waals surface area contributed by atoms with Crippen LogP contribution in [-0.4, -0.2) is 25.0 Å². The summed E-state index contributed by atoms with van der Waals surface area (Å²) in [7, 11) is 0. The largest absolute Gasteiger partial charge is 0.398 e. The van der Waals surface area contributed by atoms with Gasteiger partial charge in [0.15, 0.2) is 0 Å². The average molecular weight is 237 g/mol. The molecule has 7 heteroatoms. The van der Waals surface area contributed by atoms with Crippen molar-refractivity contribution in [1.29, 1.82) is 0 Å². The molecule has 17 heavy (non-hydrogen) atoms. The number of anilines is 2. The van der Waals surface area contributed by atoms with Crippen LogP contribution in [0.25, 0.3) is 0 Å². The molecule has 0 radical (unpaired) electrons. The van der Waals surface area contributed by atoms with E-state index in [0.717, 1.165) is 0 Å². The van der Waals surface area contributed by atoms with E-state index in [4.69, 9.17) is 17.2 Å². The summed E-state index contributed by atoms with van der Waals surface area (Å²) in [6.45, 7) is 0.858. The Morgan fingerprint density at radius 3 is 2.47 bits per heavy atom. The summed E-state index contributed by atoms with van der Waals surface area (Å²) in [5.74, 6) is -0.582. The molecule has 1 rings (SSSR count). The molecule has 0 aliphatic rings. The Labute approximate surface area is 98.3 Å². The minimum atomic E-state index is -0.582. The lowest BCUT2D eigenvalue weighted by Gasteiger charge is -2.09. The first-order valence-electron chi connectivity index (χ1n) is 4.97. The molecular weight excluding hydrogens is 222 g/mol. The highest BCUT2D eigenvalue weighted by Crippen LogP contribution is 2.16. The van der Waals surface area contributed by atoms with Gasteiger partial charge in [0.1, 0.15) is 0 Å². The van der Waals surface area contributed by atoms with Gasteiger partial charge in [-0.05, 0) is 18.2 Å². The lowest BCUT2D eigenvalue weighted by atomic mass is 10.1. The van der Waals surface area contributed by atoms with Gasteiger partial charge in [0.05, 0.1) is 5.56 Å². The maximum absolute atomic E-state index is 11.0. The van der Waals surface area contributed by atoms with Crippen molar-refractivity contribution < 1.29 is 9.59 Å². The molecule has 0 bridgehead atoms. The molecule has 92 valence electrons. The molecule has 8 N–H and O–H groups in total. The number of hydrogen-bond donors (Lipinski definition) is 5. The van der Waals surface area contributed by atoms with Crippen molar-refractivity contribution in [3.8, 4) is 0 Å². The number of rotatable bonds is 5. The van der Waals surface area contributed by atoms with Crippen molar-refractivity contribution in [2.45, 2.75) is 0 Å². The van der Waals surface area contributed by atoms with Gasteiger partial charge in [-0.15, -0.1) is 0 Å². The van der Waals surface area contributed by atoms with Crippen LogP contribution >= 0.6 is 0 Å². The molecule has 0 saturated heterocycles. The molecule has 0 atom stereocenters. The second-order valence-corrected chi connectivity index (χ2v) is 3.38. The topological polar surface area (TPSA) is 136 Å². The van der Waals surface area contributed by atoms with Gasteiger partial charge in [0, 0.05) is 24.5 Å². The van der Waals surface area contributed by atoms with Gasteiger partial charge < -0.3 is 27.8 Å². The highest BCUT2D eigenvalue weighted by molar-refractivity contribution is 5.98. The number of amides is 3. The molecule has 0 spiro atoms. The van der Waals surface area contributed by atoms with Gasteiger partial charge in [0.2, 0.25) is 0 Å². The number of nitrogens with two attached hydrogens (primary N) is 3. The first-order valence-corrected chi connectivity index (χ1v) is 4.97. The average Bonchev–Trinajstić information content (AvgIpc) is 2.25. The molecule has 0 aliphatic carbocycles. The standard InChI is InChI=1S/C10H15N5O2/c11-8-2-1-6(5-7(8)9(12)16)14-3-4-15-10(13)17/h1-2,5,14H,3-4,11H2,(H2,12,16)(H3,13,15,17). The van der Waals surface area contributed by atoms with Gasteiger partial charge >= 0.3 is 6.03 Å². The molecule has 1 aromatic carbocycles. The zero-order valence-corrected chi connectivity index (χ0v) is 9.19. The molecule has 0 heterocycles. The molecule has 0 aliphatic heterocycles. The van der Waals surface area contributed by atoms with Crippen LogP contribution < -0.4 is 27.8 Å². The third-order valence-corrected chi connectivity index (χ3v) is 2.07. The van der Waals surface area contributed by atoms with Crippen molar-refractivity contribution in [1.82, 2.24) is 5.32 Å². The smallest absolute Gasteiger partial charge is 0.312 e. The van der Waals surface area contributed by atoms with E-state index in [9.17, 15) is 9.59 Å². The van der Waals surface area contributed by atoms with Crippen LogP contribution in [0.4, 0.5) is 16.2 Å². The predicted molar refractivity (Wildman–Crippen MR) is 65.4 cm³/mol. The van der Waals surface area contributed by atoms with Crippen molar-refractivity contribution >= 4 is 23.3 Å². The Morgan fingerprint density at radius 2 is 1.88 bits per heavy atom. The number of carbonyl (C=O) groups excluding carboxylic acids is 2. The Morgan fingerprint density at radius 1 is 1.18 bits per heavy atom. The van der Waals surface area contributed by atoms with Crippen LogP contribution in [0.3, 0.4) is 0 Å². The van der Waals surface area contributed by atoms with E-state index in [2.05, 4.69) is 10.6 Å². The van der Waals surface area contributed by atoms with E-state index in [1.54, 1.807) is 18.2 Å². The van der Waals surface area contributed by atoms with E-state index >= 15 is 0 Å². The minimum Gasteiger partial charge on any atom is -0.398 e. The molecule has 1 aromatic rings. The molecule has 7 nitrogen and oxygen atoms in total. The van der Waals surface area contributed by atoms with Crippen LogP contribution in [0, 0.1) is 0 Å². The monoisotopic (exact) mass is 237 g/mol.